The fourth-order valence-corrected chi connectivity index (χ4v) is 4.18. The number of ether oxygens (including phenoxy) is 1. The molecule has 1 amide bonds. The number of carbonyl (C=O) groups excluding carboxylic acids is 1. The summed E-state index contributed by atoms with van der Waals surface area (Å²) in [5, 5.41) is 10.8. The lowest BCUT2D eigenvalue weighted by Gasteiger charge is -2.49. The molecule has 1 unspecified atom stereocenters. The topological polar surface area (TPSA) is 91.8 Å². The van der Waals surface area contributed by atoms with Crippen LogP contribution < -0.4 is 5.32 Å². The van der Waals surface area contributed by atoms with Gasteiger partial charge in [0.2, 0.25) is 5.91 Å². The Balaban J connectivity index is 0.000000858. The zero-order valence-electron chi connectivity index (χ0n) is 17.6. The van der Waals surface area contributed by atoms with Crippen LogP contribution in [0.1, 0.15) is 23.2 Å². The van der Waals surface area contributed by atoms with Crippen LogP contribution in [0.25, 0.3) is 0 Å². The first-order valence-electron chi connectivity index (χ1n) is 10.3. The van der Waals surface area contributed by atoms with Crippen molar-refractivity contribution in [1.29, 1.82) is 0 Å². The number of aromatic nitrogens is 1. The molecule has 2 N–H and O–H groups in total. The largest absolute Gasteiger partial charge is 0.483 e. The average Bonchev–Trinajstić information content (AvgIpc) is 3.23. The van der Waals surface area contributed by atoms with Crippen molar-refractivity contribution in [2.45, 2.75) is 32.4 Å². The molecular formula is C23H28ClN3O4. The third-order valence-electron chi connectivity index (χ3n) is 5.61. The molecule has 3 heterocycles. The van der Waals surface area contributed by atoms with Crippen molar-refractivity contribution in [1.82, 2.24) is 15.2 Å². The Kier molecular flexibility index (Phi) is 8.01. The number of hydrogen-bond acceptors (Lipinski definition) is 5. The Hall–Kier alpha value is -2.48. The summed E-state index contributed by atoms with van der Waals surface area (Å²) in [5.41, 5.74) is 2.91. The van der Waals surface area contributed by atoms with Gasteiger partial charge in [-0.2, -0.15) is 0 Å². The Morgan fingerprint density at radius 1 is 1.32 bits per heavy atom. The summed E-state index contributed by atoms with van der Waals surface area (Å²) in [4.78, 5) is 28.3. The van der Waals surface area contributed by atoms with E-state index in [0.29, 0.717) is 18.1 Å². The molecule has 0 aliphatic carbocycles. The van der Waals surface area contributed by atoms with Crippen LogP contribution in [0.2, 0.25) is 5.02 Å². The van der Waals surface area contributed by atoms with E-state index in [-0.39, 0.29) is 18.4 Å². The van der Waals surface area contributed by atoms with Gasteiger partial charge in [-0.1, -0.05) is 29.8 Å². The smallest absolute Gasteiger partial charge is 0.290 e. The number of carboxylic acid groups (broad SMARTS) is 1. The Bertz CT molecular complexity index is 861. The molecule has 0 bridgehead atoms. The van der Waals surface area contributed by atoms with Gasteiger partial charge in [0, 0.05) is 37.5 Å². The number of nitrogens with zero attached hydrogens (tertiary/aromatic N) is 2. The molecule has 31 heavy (non-hydrogen) atoms. The molecule has 1 aromatic heterocycles. The number of rotatable bonds is 6. The number of halogens is 1. The van der Waals surface area contributed by atoms with Gasteiger partial charge in [0.15, 0.2) is 0 Å². The van der Waals surface area contributed by atoms with Gasteiger partial charge in [-0.25, -0.2) is 0 Å². The first-order chi connectivity index (χ1) is 14.9. The van der Waals surface area contributed by atoms with Crippen molar-refractivity contribution < 1.29 is 19.4 Å². The minimum atomic E-state index is -0.416. The van der Waals surface area contributed by atoms with Crippen LogP contribution in [0.5, 0.6) is 0 Å². The normalized spacial score (nSPS) is 19.6. The maximum absolute atomic E-state index is 13.2. The van der Waals surface area contributed by atoms with Crippen LogP contribution in [0.4, 0.5) is 0 Å². The molecule has 2 saturated heterocycles. The van der Waals surface area contributed by atoms with Crippen molar-refractivity contribution in [2.24, 2.45) is 5.41 Å². The summed E-state index contributed by atoms with van der Waals surface area (Å²) in [5.74, 6) is 0.131. The number of pyridine rings is 1. The lowest BCUT2D eigenvalue weighted by molar-refractivity contribution is -0.143. The minimum Gasteiger partial charge on any atom is -0.483 e. The molecular weight excluding hydrogens is 418 g/mol. The van der Waals surface area contributed by atoms with Crippen molar-refractivity contribution in [3.8, 4) is 0 Å². The monoisotopic (exact) mass is 445 g/mol. The predicted molar refractivity (Wildman–Crippen MR) is 118 cm³/mol. The van der Waals surface area contributed by atoms with E-state index in [1.807, 2.05) is 37.4 Å². The van der Waals surface area contributed by atoms with E-state index in [0.717, 1.165) is 49.5 Å². The van der Waals surface area contributed by atoms with E-state index < -0.39 is 5.41 Å². The van der Waals surface area contributed by atoms with E-state index in [2.05, 4.69) is 27.3 Å². The maximum atomic E-state index is 13.2. The second kappa shape index (κ2) is 10.7. The standard InChI is InChI=1S/C22H26ClN3O2.CH2O2/c1-16-2-7-19(24-11-16)12-26-14-22(15-26,10-17-3-5-18(23)6-4-17)21(27)25-20-8-9-28-13-20;2-1-3/h2-7,11,20H,8-10,12-15H2,1H3,(H,25,27);1H,(H,2,3). The van der Waals surface area contributed by atoms with Gasteiger partial charge in [0.05, 0.1) is 23.8 Å². The highest BCUT2D eigenvalue weighted by Gasteiger charge is 2.49. The lowest BCUT2D eigenvalue weighted by atomic mass is 9.73. The molecule has 2 aliphatic heterocycles. The summed E-state index contributed by atoms with van der Waals surface area (Å²) < 4.78 is 5.42. The third-order valence-corrected chi connectivity index (χ3v) is 5.87. The van der Waals surface area contributed by atoms with Crippen LogP contribution in [0, 0.1) is 12.3 Å². The molecule has 0 saturated carbocycles. The maximum Gasteiger partial charge on any atom is 0.290 e. The highest BCUT2D eigenvalue weighted by molar-refractivity contribution is 6.30. The molecule has 7 nitrogen and oxygen atoms in total. The Morgan fingerprint density at radius 3 is 2.61 bits per heavy atom. The van der Waals surface area contributed by atoms with Gasteiger partial charge >= 0.3 is 0 Å². The van der Waals surface area contributed by atoms with E-state index in [9.17, 15) is 4.79 Å². The zero-order valence-corrected chi connectivity index (χ0v) is 18.3. The third kappa shape index (κ3) is 6.26. The number of benzene rings is 1. The molecule has 0 radical (unpaired) electrons. The van der Waals surface area contributed by atoms with Gasteiger partial charge in [0.1, 0.15) is 0 Å². The lowest BCUT2D eigenvalue weighted by Crippen LogP contribution is -2.64. The number of nitrogens with one attached hydrogen (secondary N) is 1. The number of hydrogen-bond donors (Lipinski definition) is 2. The van der Waals surface area contributed by atoms with Crippen LogP contribution in [0.3, 0.4) is 0 Å². The molecule has 2 aliphatic rings. The van der Waals surface area contributed by atoms with E-state index in [1.165, 1.54) is 0 Å². The predicted octanol–water partition coefficient (Wildman–Crippen LogP) is 2.69. The molecule has 4 rings (SSSR count). The quantitative estimate of drug-likeness (QED) is 0.664. The summed E-state index contributed by atoms with van der Waals surface area (Å²) in [6.07, 6.45) is 3.49. The van der Waals surface area contributed by atoms with Crippen molar-refractivity contribution in [2.75, 3.05) is 26.3 Å². The molecule has 8 heteroatoms. The fraction of sp³-hybridized carbons (Fsp3) is 0.435. The summed E-state index contributed by atoms with van der Waals surface area (Å²) in [7, 11) is 0. The first kappa shape index (κ1) is 23.2. The van der Waals surface area contributed by atoms with Gasteiger partial charge < -0.3 is 15.2 Å². The van der Waals surface area contributed by atoms with Crippen LogP contribution in [-0.2, 0) is 27.3 Å². The Labute approximate surface area is 187 Å². The molecule has 166 valence electrons. The molecule has 0 spiro atoms. The van der Waals surface area contributed by atoms with Gasteiger partial charge in [-0.3, -0.25) is 19.5 Å². The molecule has 1 aromatic carbocycles. The number of likely N-dealkylation sites (tertiary alicyclic amines) is 1. The minimum absolute atomic E-state index is 0.127. The van der Waals surface area contributed by atoms with Crippen molar-refractivity contribution >= 4 is 24.0 Å². The highest BCUT2D eigenvalue weighted by Crippen LogP contribution is 2.36. The van der Waals surface area contributed by atoms with Crippen LogP contribution in [-0.4, -0.2) is 59.7 Å². The number of carbonyl (C=O) groups is 2. The zero-order chi connectivity index (χ0) is 22.3. The number of aryl methyl sites for hydroxylation is 1. The second-order valence-corrected chi connectivity index (χ2v) is 8.63. The average molecular weight is 446 g/mol. The second-order valence-electron chi connectivity index (χ2n) is 8.20. The summed E-state index contributed by atoms with van der Waals surface area (Å²) in [6, 6.07) is 12.1. The summed E-state index contributed by atoms with van der Waals surface area (Å²) >= 11 is 6.02. The molecule has 1 atom stereocenters. The van der Waals surface area contributed by atoms with Crippen molar-refractivity contribution in [3.63, 3.8) is 0 Å². The van der Waals surface area contributed by atoms with Crippen LogP contribution >= 0.6 is 11.6 Å². The van der Waals surface area contributed by atoms with Gasteiger partial charge in [0.25, 0.3) is 6.47 Å². The SMILES string of the molecule is Cc1ccc(CN2CC(Cc3ccc(Cl)cc3)(C(=O)NC3CCOC3)C2)nc1.O=CO. The highest BCUT2D eigenvalue weighted by atomic mass is 35.5. The Morgan fingerprint density at radius 2 is 2.03 bits per heavy atom. The molecule has 2 aromatic rings. The van der Waals surface area contributed by atoms with E-state index in [4.69, 9.17) is 26.2 Å². The summed E-state index contributed by atoms with van der Waals surface area (Å²) in [6.45, 7) is 5.34. The number of amides is 1. The first-order valence-corrected chi connectivity index (χ1v) is 10.7. The van der Waals surface area contributed by atoms with Gasteiger partial charge in [-0.05, 0) is 49.1 Å². The van der Waals surface area contributed by atoms with Crippen molar-refractivity contribution in [3.05, 3.63) is 64.4 Å². The van der Waals surface area contributed by atoms with Gasteiger partial charge in [-0.15, -0.1) is 0 Å². The van der Waals surface area contributed by atoms with Crippen LogP contribution in [0.15, 0.2) is 42.6 Å². The van der Waals surface area contributed by atoms with E-state index >= 15 is 0 Å². The fourth-order valence-electron chi connectivity index (χ4n) is 4.06. The van der Waals surface area contributed by atoms with E-state index in [1.54, 1.807) is 0 Å². The molecule has 2 fully saturated rings.